The number of aryl methyl sites for hydroxylation is 2. The first-order valence-electron chi connectivity index (χ1n) is 7.13. The summed E-state index contributed by atoms with van der Waals surface area (Å²) < 4.78 is 0. The molecule has 0 radical (unpaired) electrons. The number of hydrogen-bond donors (Lipinski definition) is 3. The third kappa shape index (κ3) is 2.99. The van der Waals surface area contributed by atoms with E-state index in [1.54, 1.807) is 0 Å². The lowest BCUT2D eigenvalue weighted by Gasteiger charge is -2.20. The van der Waals surface area contributed by atoms with Crippen LogP contribution in [0, 0.1) is 6.92 Å². The molecular weight excluding hydrogens is 262 g/mol. The summed E-state index contributed by atoms with van der Waals surface area (Å²) in [6, 6.07) is 12.3. The Bertz CT molecular complexity index is 677. The number of carbonyl (C=O) groups excluding carboxylic acids is 1. The smallest absolute Gasteiger partial charge is 0.224 e. The first-order chi connectivity index (χ1) is 10.1. The molecule has 1 aliphatic rings. The molecule has 1 amide bonds. The molecule has 4 N–H and O–H groups in total. The van der Waals surface area contributed by atoms with Gasteiger partial charge in [-0.05, 0) is 36.6 Å². The van der Waals surface area contributed by atoms with E-state index in [4.69, 9.17) is 5.73 Å². The fourth-order valence-electron chi connectivity index (χ4n) is 2.50. The molecule has 1 aliphatic heterocycles. The molecule has 21 heavy (non-hydrogen) atoms. The van der Waals surface area contributed by atoms with E-state index in [0.29, 0.717) is 13.0 Å². The van der Waals surface area contributed by atoms with Crippen LogP contribution in [0.2, 0.25) is 0 Å². The van der Waals surface area contributed by atoms with Gasteiger partial charge < -0.3 is 16.4 Å². The number of nitrogen functional groups attached to an aromatic ring is 1. The molecule has 0 bridgehead atoms. The first kappa shape index (κ1) is 13.5. The molecule has 1 heterocycles. The highest BCUT2D eigenvalue weighted by Crippen LogP contribution is 2.31. The van der Waals surface area contributed by atoms with Crippen LogP contribution in [-0.4, -0.2) is 5.91 Å². The second-order valence-electron chi connectivity index (χ2n) is 5.48. The molecule has 2 aromatic carbocycles. The van der Waals surface area contributed by atoms with Crippen molar-refractivity contribution in [2.45, 2.75) is 26.3 Å². The van der Waals surface area contributed by atoms with Gasteiger partial charge in [-0.25, -0.2) is 0 Å². The number of amides is 1. The Balaban J connectivity index is 1.77. The van der Waals surface area contributed by atoms with E-state index in [1.807, 2.05) is 12.1 Å². The average molecular weight is 281 g/mol. The summed E-state index contributed by atoms with van der Waals surface area (Å²) in [6.07, 6.45) is 1.28. The summed E-state index contributed by atoms with van der Waals surface area (Å²) in [6.45, 7) is 2.78. The highest BCUT2D eigenvalue weighted by molar-refractivity contribution is 5.95. The molecule has 0 aromatic heterocycles. The SMILES string of the molecule is Cc1ccc(CNc2cc3c(cc2N)CCC(=O)N3)cc1. The molecule has 2 aromatic rings. The largest absolute Gasteiger partial charge is 0.397 e. The van der Waals surface area contributed by atoms with Crippen LogP contribution in [0.3, 0.4) is 0 Å². The van der Waals surface area contributed by atoms with E-state index in [0.717, 1.165) is 29.0 Å². The number of rotatable bonds is 3. The summed E-state index contributed by atoms with van der Waals surface area (Å²) in [5.74, 6) is 0.0664. The van der Waals surface area contributed by atoms with E-state index in [1.165, 1.54) is 11.1 Å². The number of benzene rings is 2. The van der Waals surface area contributed by atoms with E-state index in [2.05, 4.69) is 41.8 Å². The Kier molecular flexibility index (Phi) is 3.52. The first-order valence-corrected chi connectivity index (χ1v) is 7.13. The second-order valence-corrected chi connectivity index (χ2v) is 5.48. The molecule has 0 saturated heterocycles. The third-order valence-corrected chi connectivity index (χ3v) is 3.77. The minimum absolute atomic E-state index is 0.0664. The lowest BCUT2D eigenvalue weighted by atomic mass is 10.0. The van der Waals surface area contributed by atoms with Crippen LogP contribution >= 0.6 is 0 Å². The van der Waals surface area contributed by atoms with Crippen LogP contribution in [-0.2, 0) is 17.8 Å². The van der Waals surface area contributed by atoms with Gasteiger partial charge in [0.15, 0.2) is 0 Å². The van der Waals surface area contributed by atoms with Crippen molar-refractivity contribution >= 4 is 23.0 Å². The highest BCUT2D eigenvalue weighted by atomic mass is 16.1. The Morgan fingerprint density at radius 2 is 1.95 bits per heavy atom. The van der Waals surface area contributed by atoms with Crippen molar-refractivity contribution in [1.29, 1.82) is 0 Å². The number of anilines is 3. The van der Waals surface area contributed by atoms with Gasteiger partial charge in [-0.15, -0.1) is 0 Å². The Hall–Kier alpha value is -2.49. The van der Waals surface area contributed by atoms with Crippen molar-refractivity contribution in [3.8, 4) is 0 Å². The van der Waals surface area contributed by atoms with E-state index < -0.39 is 0 Å². The van der Waals surface area contributed by atoms with Gasteiger partial charge in [-0.1, -0.05) is 29.8 Å². The van der Waals surface area contributed by atoms with E-state index in [-0.39, 0.29) is 5.91 Å². The molecule has 0 atom stereocenters. The lowest BCUT2D eigenvalue weighted by molar-refractivity contribution is -0.116. The standard InChI is InChI=1S/C17H19N3O/c1-11-2-4-12(5-3-11)10-19-16-9-15-13(8-14(16)18)6-7-17(21)20-15/h2-5,8-9,19H,6-7,10,18H2,1H3,(H,20,21). The van der Waals surface area contributed by atoms with E-state index in [9.17, 15) is 4.79 Å². The predicted molar refractivity (Wildman–Crippen MR) is 86.3 cm³/mol. The molecule has 0 fully saturated rings. The van der Waals surface area contributed by atoms with Crippen LogP contribution in [0.5, 0.6) is 0 Å². The van der Waals surface area contributed by atoms with Gasteiger partial charge in [0.2, 0.25) is 5.91 Å². The van der Waals surface area contributed by atoms with Crippen molar-refractivity contribution in [3.63, 3.8) is 0 Å². The molecule has 4 heteroatoms. The molecule has 0 spiro atoms. The van der Waals surface area contributed by atoms with Crippen molar-refractivity contribution in [2.75, 3.05) is 16.4 Å². The Morgan fingerprint density at radius 3 is 2.71 bits per heavy atom. The van der Waals surface area contributed by atoms with Crippen molar-refractivity contribution in [1.82, 2.24) is 0 Å². The second kappa shape index (κ2) is 5.48. The highest BCUT2D eigenvalue weighted by Gasteiger charge is 2.16. The monoisotopic (exact) mass is 281 g/mol. The van der Waals surface area contributed by atoms with Crippen molar-refractivity contribution in [2.24, 2.45) is 0 Å². The number of nitrogens with one attached hydrogen (secondary N) is 2. The molecule has 4 nitrogen and oxygen atoms in total. The zero-order chi connectivity index (χ0) is 14.8. The van der Waals surface area contributed by atoms with Crippen LogP contribution in [0.25, 0.3) is 0 Å². The molecule has 0 aliphatic carbocycles. The predicted octanol–water partition coefficient (Wildman–Crippen LogP) is 3.07. The minimum Gasteiger partial charge on any atom is -0.397 e. The molecule has 108 valence electrons. The molecule has 3 rings (SSSR count). The quantitative estimate of drug-likeness (QED) is 0.757. The van der Waals surface area contributed by atoms with Crippen molar-refractivity contribution < 1.29 is 4.79 Å². The molecule has 0 saturated carbocycles. The molecule has 0 unspecified atom stereocenters. The Morgan fingerprint density at radius 1 is 1.19 bits per heavy atom. The lowest BCUT2D eigenvalue weighted by Crippen LogP contribution is -2.19. The Labute approximate surface area is 124 Å². The van der Waals surface area contributed by atoms with Crippen LogP contribution in [0.4, 0.5) is 17.1 Å². The minimum atomic E-state index is 0.0664. The molecular formula is C17H19N3O. The maximum absolute atomic E-state index is 11.5. The number of hydrogen-bond acceptors (Lipinski definition) is 3. The van der Waals surface area contributed by atoms with Crippen LogP contribution < -0.4 is 16.4 Å². The van der Waals surface area contributed by atoms with Crippen LogP contribution in [0.15, 0.2) is 36.4 Å². The van der Waals surface area contributed by atoms with E-state index >= 15 is 0 Å². The van der Waals surface area contributed by atoms with Crippen molar-refractivity contribution in [3.05, 3.63) is 53.1 Å². The summed E-state index contributed by atoms with van der Waals surface area (Å²) in [4.78, 5) is 11.5. The maximum atomic E-state index is 11.5. The normalized spacial score (nSPS) is 13.5. The van der Waals surface area contributed by atoms with Gasteiger partial charge >= 0.3 is 0 Å². The van der Waals surface area contributed by atoms with Gasteiger partial charge in [0.25, 0.3) is 0 Å². The van der Waals surface area contributed by atoms with Gasteiger partial charge in [-0.3, -0.25) is 4.79 Å². The average Bonchev–Trinajstić information content (AvgIpc) is 2.47. The van der Waals surface area contributed by atoms with Gasteiger partial charge in [0.05, 0.1) is 11.4 Å². The number of nitrogens with two attached hydrogens (primary N) is 1. The third-order valence-electron chi connectivity index (χ3n) is 3.77. The topological polar surface area (TPSA) is 67.1 Å². The van der Waals surface area contributed by atoms with Gasteiger partial charge in [0, 0.05) is 18.7 Å². The summed E-state index contributed by atoms with van der Waals surface area (Å²) >= 11 is 0. The fraction of sp³-hybridized carbons (Fsp3) is 0.235. The zero-order valence-electron chi connectivity index (χ0n) is 12.1. The summed E-state index contributed by atoms with van der Waals surface area (Å²) in [7, 11) is 0. The summed E-state index contributed by atoms with van der Waals surface area (Å²) in [5.41, 5.74) is 12.1. The zero-order valence-corrected chi connectivity index (χ0v) is 12.1. The van der Waals surface area contributed by atoms with Gasteiger partial charge in [0.1, 0.15) is 0 Å². The summed E-state index contributed by atoms with van der Waals surface area (Å²) in [5, 5.41) is 6.24. The maximum Gasteiger partial charge on any atom is 0.224 e. The number of carbonyl (C=O) groups is 1. The fourth-order valence-corrected chi connectivity index (χ4v) is 2.50. The van der Waals surface area contributed by atoms with Crippen LogP contribution in [0.1, 0.15) is 23.1 Å². The number of fused-ring (bicyclic) bond motifs is 1. The van der Waals surface area contributed by atoms with Gasteiger partial charge in [-0.2, -0.15) is 0 Å².